The first kappa shape index (κ1) is 18.8. The zero-order valence-electron chi connectivity index (χ0n) is 15.7. The van der Waals surface area contributed by atoms with E-state index in [0.717, 1.165) is 23.6 Å². The second-order valence-electron chi connectivity index (χ2n) is 8.48. The molecular formula is C20H24ClNO4S. The summed E-state index contributed by atoms with van der Waals surface area (Å²) in [5.41, 5.74) is 0.366. The van der Waals surface area contributed by atoms with Crippen molar-refractivity contribution in [2.75, 3.05) is 12.9 Å². The number of hydrogen-bond acceptors (Lipinski definition) is 4. The Balaban J connectivity index is 1.62. The van der Waals surface area contributed by atoms with Crippen LogP contribution < -0.4 is 4.74 Å². The topological polar surface area (TPSA) is 63.7 Å². The molecule has 3 atom stereocenters. The summed E-state index contributed by atoms with van der Waals surface area (Å²) in [6.07, 6.45) is 5.66. The maximum Gasteiger partial charge on any atom is 0.260 e. The largest absolute Gasteiger partial charge is 0.495 e. The highest BCUT2D eigenvalue weighted by Crippen LogP contribution is 2.69. The average molecular weight is 410 g/mol. The summed E-state index contributed by atoms with van der Waals surface area (Å²) >= 11 is 6.11. The SMILES string of the molecule is COc1ccc(C=CC(=O)N2[C@@H]3C[C@@H]4CC[C@]3(CS2(=O)=O)C4(C)C)cc1Cl. The molecule has 4 rings (SSSR count). The predicted molar refractivity (Wildman–Crippen MR) is 105 cm³/mol. The van der Waals surface area contributed by atoms with Crippen LogP contribution in [0.5, 0.6) is 5.75 Å². The van der Waals surface area contributed by atoms with Crippen molar-refractivity contribution in [3.63, 3.8) is 0 Å². The highest BCUT2D eigenvalue weighted by atomic mass is 35.5. The number of carbonyl (C=O) groups excluding carboxylic acids is 1. The van der Waals surface area contributed by atoms with E-state index in [4.69, 9.17) is 16.3 Å². The number of sulfonamides is 1. The molecule has 0 radical (unpaired) electrons. The van der Waals surface area contributed by atoms with Crippen LogP contribution in [0.4, 0.5) is 0 Å². The molecular weight excluding hydrogens is 386 g/mol. The lowest BCUT2D eigenvalue weighted by molar-refractivity contribution is -0.123. The van der Waals surface area contributed by atoms with E-state index >= 15 is 0 Å². The molecule has 0 unspecified atom stereocenters. The Labute approximate surface area is 165 Å². The van der Waals surface area contributed by atoms with Crippen molar-refractivity contribution < 1.29 is 17.9 Å². The monoisotopic (exact) mass is 409 g/mol. The van der Waals surface area contributed by atoms with E-state index in [9.17, 15) is 13.2 Å². The third kappa shape index (κ3) is 2.56. The molecule has 1 amide bonds. The number of benzene rings is 1. The van der Waals surface area contributed by atoms with Gasteiger partial charge in [-0.15, -0.1) is 0 Å². The van der Waals surface area contributed by atoms with Crippen LogP contribution in [0.3, 0.4) is 0 Å². The molecule has 1 spiro atoms. The van der Waals surface area contributed by atoms with Crippen molar-refractivity contribution in [2.45, 2.75) is 39.2 Å². The molecule has 5 nitrogen and oxygen atoms in total. The van der Waals surface area contributed by atoms with Crippen LogP contribution >= 0.6 is 11.6 Å². The number of rotatable bonds is 3. The summed E-state index contributed by atoms with van der Waals surface area (Å²) in [6, 6.07) is 4.96. The van der Waals surface area contributed by atoms with Gasteiger partial charge >= 0.3 is 0 Å². The van der Waals surface area contributed by atoms with Gasteiger partial charge in [0, 0.05) is 11.5 Å². The maximum atomic E-state index is 12.9. The Morgan fingerprint density at radius 1 is 1.37 bits per heavy atom. The van der Waals surface area contributed by atoms with Gasteiger partial charge in [-0.1, -0.05) is 31.5 Å². The van der Waals surface area contributed by atoms with Crippen molar-refractivity contribution in [1.29, 1.82) is 0 Å². The molecule has 1 aliphatic heterocycles. The molecule has 2 bridgehead atoms. The van der Waals surface area contributed by atoms with Gasteiger partial charge in [-0.25, -0.2) is 12.7 Å². The minimum absolute atomic E-state index is 0.0486. The minimum atomic E-state index is -3.60. The van der Waals surface area contributed by atoms with E-state index in [2.05, 4.69) is 13.8 Å². The molecule has 27 heavy (non-hydrogen) atoms. The Hall–Kier alpha value is -1.53. The van der Waals surface area contributed by atoms with Crippen LogP contribution in [0.1, 0.15) is 38.7 Å². The van der Waals surface area contributed by atoms with E-state index in [-0.39, 0.29) is 22.6 Å². The van der Waals surface area contributed by atoms with Crippen LogP contribution in [-0.4, -0.2) is 37.5 Å². The highest BCUT2D eigenvalue weighted by Gasteiger charge is 2.72. The first-order valence-corrected chi connectivity index (χ1v) is 11.2. The first-order chi connectivity index (χ1) is 12.6. The van der Waals surface area contributed by atoms with Gasteiger partial charge in [0.25, 0.3) is 5.91 Å². The van der Waals surface area contributed by atoms with Crippen LogP contribution in [0.15, 0.2) is 24.3 Å². The number of carbonyl (C=O) groups is 1. The standard InChI is InChI=1S/C20H24ClNO4S/c1-19(2)14-8-9-20(19)12-27(24,25)22(17(20)11-14)18(23)7-5-13-4-6-16(26-3)15(21)10-13/h4-7,10,14,17H,8-9,11-12H2,1-3H3/t14-,17+,20+/m0/s1. The fraction of sp³-hybridized carbons (Fsp3) is 0.550. The van der Waals surface area contributed by atoms with Crippen LogP contribution in [0.2, 0.25) is 5.02 Å². The van der Waals surface area contributed by atoms with E-state index in [1.165, 1.54) is 13.2 Å². The second-order valence-corrected chi connectivity index (χ2v) is 10.7. The molecule has 0 aromatic heterocycles. The van der Waals surface area contributed by atoms with Crippen molar-refractivity contribution in [3.05, 3.63) is 34.9 Å². The number of fused-ring (bicyclic) bond motifs is 1. The number of ether oxygens (including phenoxy) is 1. The van der Waals surface area contributed by atoms with Gasteiger partial charge in [0.1, 0.15) is 5.75 Å². The normalized spacial score (nSPS) is 32.8. The fourth-order valence-corrected chi connectivity index (χ4v) is 8.38. The molecule has 3 aliphatic rings. The minimum Gasteiger partial charge on any atom is -0.495 e. The van der Waals surface area contributed by atoms with Crippen molar-refractivity contribution in [3.8, 4) is 5.75 Å². The zero-order valence-corrected chi connectivity index (χ0v) is 17.3. The average Bonchev–Trinajstić information content (AvgIpc) is 3.07. The molecule has 3 fully saturated rings. The Morgan fingerprint density at radius 2 is 2.11 bits per heavy atom. The number of nitrogens with zero attached hydrogens (tertiary/aromatic N) is 1. The van der Waals surface area contributed by atoms with Gasteiger partial charge in [0.2, 0.25) is 10.0 Å². The van der Waals surface area contributed by atoms with Gasteiger partial charge < -0.3 is 4.74 Å². The van der Waals surface area contributed by atoms with Crippen molar-refractivity contribution in [2.24, 2.45) is 16.7 Å². The van der Waals surface area contributed by atoms with Crippen LogP contribution in [0, 0.1) is 16.7 Å². The number of amides is 1. The number of hydrogen-bond donors (Lipinski definition) is 0. The molecule has 1 aromatic carbocycles. The van der Waals surface area contributed by atoms with Gasteiger partial charge in [-0.05, 0) is 54.4 Å². The Morgan fingerprint density at radius 3 is 2.74 bits per heavy atom. The summed E-state index contributed by atoms with van der Waals surface area (Å²) in [5, 5.41) is 0.440. The molecule has 1 aromatic rings. The number of methoxy groups -OCH3 is 1. The fourth-order valence-electron chi connectivity index (χ4n) is 5.61. The zero-order chi connectivity index (χ0) is 19.6. The van der Waals surface area contributed by atoms with E-state index in [0.29, 0.717) is 22.3 Å². The third-order valence-electron chi connectivity index (χ3n) is 7.22. The highest BCUT2D eigenvalue weighted by molar-refractivity contribution is 7.90. The lowest BCUT2D eigenvalue weighted by Gasteiger charge is -2.36. The van der Waals surface area contributed by atoms with Gasteiger partial charge in [-0.2, -0.15) is 0 Å². The predicted octanol–water partition coefficient (Wildman–Crippen LogP) is 3.73. The maximum absolute atomic E-state index is 12.9. The molecule has 0 N–H and O–H groups in total. The summed E-state index contributed by atoms with van der Waals surface area (Å²) in [4.78, 5) is 12.9. The Kier molecular flexibility index (Phi) is 4.17. The van der Waals surface area contributed by atoms with Crippen molar-refractivity contribution >= 4 is 33.6 Å². The van der Waals surface area contributed by atoms with Gasteiger partial charge in [0.05, 0.1) is 23.9 Å². The number of halogens is 1. The van der Waals surface area contributed by atoms with Gasteiger partial charge in [-0.3, -0.25) is 4.79 Å². The van der Waals surface area contributed by atoms with E-state index < -0.39 is 15.9 Å². The molecule has 7 heteroatoms. The van der Waals surface area contributed by atoms with Crippen molar-refractivity contribution in [1.82, 2.24) is 4.31 Å². The molecule has 2 saturated carbocycles. The van der Waals surface area contributed by atoms with Crippen LogP contribution in [-0.2, 0) is 14.8 Å². The molecule has 146 valence electrons. The van der Waals surface area contributed by atoms with E-state index in [1.807, 2.05) is 0 Å². The van der Waals surface area contributed by atoms with Gasteiger partial charge in [0.15, 0.2) is 0 Å². The summed E-state index contributed by atoms with van der Waals surface area (Å²) in [7, 11) is -2.06. The second kappa shape index (κ2) is 5.98. The molecule has 1 heterocycles. The van der Waals surface area contributed by atoms with Crippen LogP contribution in [0.25, 0.3) is 6.08 Å². The molecule has 1 saturated heterocycles. The summed E-state index contributed by atoms with van der Waals surface area (Å²) < 4.78 is 32.0. The first-order valence-electron chi connectivity index (χ1n) is 9.20. The summed E-state index contributed by atoms with van der Waals surface area (Å²) in [6.45, 7) is 4.34. The smallest absolute Gasteiger partial charge is 0.260 e. The lowest BCUT2D eigenvalue weighted by Crippen LogP contribution is -2.43. The quantitative estimate of drug-likeness (QED) is 0.713. The summed E-state index contributed by atoms with van der Waals surface area (Å²) in [5.74, 6) is 0.653. The molecule has 2 aliphatic carbocycles. The lowest BCUT2D eigenvalue weighted by atomic mass is 9.69. The van der Waals surface area contributed by atoms with E-state index in [1.54, 1.807) is 24.3 Å². The Bertz CT molecular complexity index is 939. The third-order valence-corrected chi connectivity index (χ3v) is 9.43.